The molecule has 0 amide bonds. The van der Waals surface area contributed by atoms with Crippen LogP contribution in [0.5, 0.6) is 0 Å². The maximum Gasteiger partial charge on any atom is 0.159 e. The van der Waals surface area contributed by atoms with Crippen LogP contribution in [0.1, 0.15) is 22.9 Å². The molecule has 49 heavy (non-hydrogen) atoms. The van der Waals surface area contributed by atoms with E-state index in [1.807, 2.05) is 24.3 Å². The molecule has 1 unspecified atom stereocenters. The van der Waals surface area contributed by atoms with Crippen LogP contribution in [0.2, 0.25) is 0 Å². The minimum atomic E-state index is -0.355. The SMILES string of the molecule is c1ccc(-c2cccc3oc4cccc(C5=NC(c6ccc7ccccc7c6)=NC(c6ccc7c(ccc8ccccc87)c6)N5)c4c23)cc1. The third-order valence-corrected chi connectivity index (χ3v) is 9.70. The van der Waals surface area contributed by atoms with Crippen molar-refractivity contribution in [1.82, 2.24) is 5.32 Å². The van der Waals surface area contributed by atoms with E-state index in [1.165, 1.54) is 26.9 Å². The van der Waals surface area contributed by atoms with Gasteiger partial charge in [-0.2, -0.15) is 0 Å². The fourth-order valence-electron chi connectivity index (χ4n) is 7.34. The highest BCUT2D eigenvalue weighted by Gasteiger charge is 2.25. The average molecular weight is 628 g/mol. The molecule has 9 aromatic rings. The first kappa shape index (κ1) is 27.6. The lowest BCUT2D eigenvalue weighted by molar-refractivity contribution is 0.668. The van der Waals surface area contributed by atoms with Crippen LogP contribution in [0, 0.1) is 0 Å². The molecule has 0 radical (unpaired) electrons. The van der Waals surface area contributed by atoms with Gasteiger partial charge < -0.3 is 9.73 Å². The van der Waals surface area contributed by atoms with Gasteiger partial charge in [0.15, 0.2) is 5.84 Å². The lowest BCUT2D eigenvalue weighted by atomic mass is 9.96. The van der Waals surface area contributed by atoms with Crippen LogP contribution in [-0.4, -0.2) is 11.7 Å². The predicted molar refractivity (Wildman–Crippen MR) is 204 cm³/mol. The van der Waals surface area contributed by atoms with Gasteiger partial charge in [0.2, 0.25) is 0 Å². The molecule has 0 fully saturated rings. The summed E-state index contributed by atoms with van der Waals surface area (Å²) >= 11 is 0. The molecule has 1 aliphatic heterocycles. The lowest BCUT2D eigenvalue weighted by Crippen LogP contribution is -2.33. The van der Waals surface area contributed by atoms with E-state index < -0.39 is 0 Å². The molecule has 0 saturated carbocycles. The van der Waals surface area contributed by atoms with E-state index in [2.05, 4.69) is 145 Å². The van der Waals surface area contributed by atoms with Crippen LogP contribution in [0.15, 0.2) is 178 Å². The molecule has 1 aromatic heterocycles. The Hall–Kier alpha value is -6.52. The second kappa shape index (κ2) is 11.0. The Balaban J connectivity index is 1.18. The topological polar surface area (TPSA) is 49.9 Å². The number of hydrogen-bond donors (Lipinski definition) is 1. The van der Waals surface area contributed by atoms with Crippen LogP contribution >= 0.6 is 0 Å². The van der Waals surface area contributed by atoms with Crippen molar-refractivity contribution in [2.75, 3.05) is 0 Å². The number of amidine groups is 2. The van der Waals surface area contributed by atoms with Crippen molar-refractivity contribution in [1.29, 1.82) is 0 Å². The van der Waals surface area contributed by atoms with Crippen molar-refractivity contribution >= 4 is 65.9 Å². The average Bonchev–Trinajstić information content (AvgIpc) is 3.57. The molecule has 4 heteroatoms. The molecule has 230 valence electrons. The summed E-state index contributed by atoms with van der Waals surface area (Å²) in [5.74, 6) is 1.45. The van der Waals surface area contributed by atoms with E-state index in [4.69, 9.17) is 14.4 Å². The Morgan fingerprint density at radius 3 is 2.00 bits per heavy atom. The van der Waals surface area contributed by atoms with E-state index in [0.717, 1.165) is 61.0 Å². The van der Waals surface area contributed by atoms with E-state index in [1.54, 1.807) is 0 Å². The van der Waals surface area contributed by atoms with E-state index in [9.17, 15) is 0 Å². The van der Waals surface area contributed by atoms with Crippen molar-refractivity contribution in [3.63, 3.8) is 0 Å². The fraction of sp³-hybridized carbons (Fsp3) is 0.0222. The molecule has 0 bridgehead atoms. The summed E-state index contributed by atoms with van der Waals surface area (Å²) in [4.78, 5) is 10.5. The highest BCUT2D eigenvalue weighted by Crippen LogP contribution is 2.39. The predicted octanol–water partition coefficient (Wildman–Crippen LogP) is 11.2. The number of nitrogens with zero attached hydrogens (tertiary/aromatic N) is 2. The second-order valence-corrected chi connectivity index (χ2v) is 12.6. The van der Waals surface area contributed by atoms with Crippen LogP contribution in [0.25, 0.3) is 65.4 Å². The van der Waals surface area contributed by atoms with Gasteiger partial charge in [-0.05, 0) is 73.3 Å². The minimum Gasteiger partial charge on any atom is -0.456 e. The minimum absolute atomic E-state index is 0.355. The molecular weight excluding hydrogens is 599 g/mol. The van der Waals surface area contributed by atoms with Gasteiger partial charge in [0.05, 0.1) is 0 Å². The molecule has 4 nitrogen and oxygen atoms in total. The van der Waals surface area contributed by atoms with Crippen LogP contribution in [-0.2, 0) is 0 Å². The third kappa shape index (κ3) is 4.61. The van der Waals surface area contributed by atoms with Crippen LogP contribution in [0.3, 0.4) is 0 Å². The lowest BCUT2D eigenvalue weighted by Gasteiger charge is -2.24. The molecule has 10 rings (SSSR count). The highest BCUT2D eigenvalue weighted by atomic mass is 16.3. The number of furan rings is 1. The highest BCUT2D eigenvalue weighted by molar-refractivity contribution is 6.24. The molecule has 1 aliphatic rings. The standard InChI is InChI=1S/C45H29N3O/c1-2-11-29(12-3-1)37-16-8-18-39-41(37)42-38(17-9-19-40(42)49-39)45-47-43(33-23-20-28-10-4-5-14-31(28)26-33)46-44(48-45)34-24-25-36-32(27-34)22-21-30-13-6-7-15-35(30)36/h1-27,44H,(H,46,47,48). The smallest absolute Gasteiger partial charge is 0.159 e. The quantitative estimate of drug-likeness (QED) is 0.197. The third-order valence-electron chi connectivity index (χ3n) is 9.70. The number of benzene rings is 8. The molecule has 8 aromatic carbocycles. The van der Waals surface area contributed by atoms with E-state index in [0.29, 0.717) is 5.84 Å². The molecule has 1 atom stereocenters. The summed E-state index contributed by atoms with van der Waals surface area (Å²) in [5, 5.41) is 13.1. The van der Waals surface area contributed by atoms with Gasteiger partial charge in [-0.1, -0.05) is 140 Å². The monoisotopic (exact) mass is 627 g/mol. The van der Waals surface area contributed by atoms with Gasteiger partial charge in [-0.3, -0.25) is 0 Å². The van der Waals surface area contributed by atoms with Crippen LogP contribution in [0.4, 0.5) is 0 Å². The van der Waals surface area contributed by atoms with Gasteiger partial charge in [0, 0.05) is 21.9 Å². The maximum atomic E-state index is 6.49. The summed E-state index contributed by atoms with van der Waals surface area (Å²) in [6, 6.07) is 57.5. The number of aliphatic imine (C=N–C) groups is 2. The Bertz CT molecular complexity index is 2810. The number of nitrogens with one attached hydrogen (secondary N) is 1. The molecule has 0 saturated heterocycles. The Labute approximate surface area is 282 Å². The van der Waals surface area contributed by atoms with E-state index >= 15 is 0 Å². The zero-order valence-electron chi connectivity index (χ0n) is 26.5. The summed E-state index contributed by atoms with van der Waals surface area (Å²) in [5.41, 5.74) is 6.97. The molecule has 2 heterocycles. The molecule has 0 aliphatic carbocycles. The Morgan fingerprint density at radius 1 is 0.469 bits per heavy atom. The van der Waals surface area contributed by atoms with E-state index in [-0.39, 0.29) is 6.17 Å². The van der Waals surface area contributed by atoms with Crippen LogP contribution < -0.4 is 5.32 Å². The van der Waals surface area contributed by atoms with Gasteiger partial charge >= 0.3 is 0 Å². The largest absolute Gasteiger partial charge is 0.456 e. The zero-order chi connectivity index (χ0) is 32.3. The molecule has 0 spiro atoms. The number of fused-ring (bicyclic) bond motifs is 7. The first-order chi connectivity index (χ1) is 24.3. The number of rotatable bonds is 4. The van der Waals surface area contributed by atoms with Gasteiger partial charge in [-0.25, -0.2) is 9.98 Å². The van der Waals surface area contributed by atoms with Crippen molar-refractivity contribution in [3.8, 4) is 11.1 Å². The zero-order valence-corrected chi connectivity index (χ0v) is 26.5. The van der Waals surface area contributed by atoms with Crippen molar-refractivity contribution < 1.29 is 4.42 Å². The fourth-order valence-corrected chi connectivity index (χ4v) is 7.34. The summed E-state index contributed by atoms with van der Waals surface area (Å²) < 4.78 is 6.49. The van der Waals surface area contributed by atoms with Crippen molar-refractivity contribution in [2.45, 2.75) is 6.17 Å². The van der Waals surface area contributed by atoms with Crippen molar-refractivity contribution in [2.24, 2.45) is 9.98 Å². The maximum absolute atomic E-state index is 6.49. The molecular formula is C45H29N3O. The summed E-state index contributed by atoms with van der Waals surface area (Å²) in [7, 11) is 0. The van der Waals surface area contributed by atoms with Gasteiger partial charge in [0.1, 0.15) is 23.2 Å². The summed E-state index contributed by atoms with van der Waals surface area (Å²) in [6.07, 6.45) is -0.355. The Kier molecular flexibility index (Phi) is 6.21. The van der Waals surface area contributed by atoms with Gasteiger partial charge in [0.25, 0.3) is 0 Å². The summed E-state index contributed by atoms with van der Waals surface area (Å²) in [6.45, 7) is 0. The first-order valence-corrected chi connectivity index (χ1v) is 16.6. The number of hydrogen-bond acceptors (Lipinski definition) is 4. The normalized spacial score (nSPS) is 14.7. The van der Waals surface area contributed by atoms with Crippen molar-refractivity contribution in [3.05, 3.63) is 180 Å². The molecule has 1 N–H and O–H groups in total. The van der Waals surface area contributed by atoms with Gasteiger partial charge in [-0.15, -0.1) is 0 Å². The Morgan fingerprint density at radius 2 is 1.14 bits per heavy atom. The first-order valence-electron chi connectivity index (χ1n) is 16.6. The second-order valence-electron chi connectivity index (χ2n) is 12.6.